The van der Waals surface area contributed by atoms with Gasteiger partial charge in [-0.05, 0) is 25.7 Å². The van der Waals surface area contributed by atoms with E-state index in [9.17, 15) is 4.79 Å². The van der Waals surface area contributed by atoms with Crippen LogP contribution < -0.4 is 0 Å². The van der Waals surface area contributed by atoms with Crippen molar-refractivity contribution in [2.75, 3.05) is 33.4 Å². The van der Waals surface area contributed by atoms with Gasteiger partial charge in [0.15, 0.2) is 0 Å². The van der Waals surface area contributed by atoms with Gasteiger partial charge in [-0.3, -0.25) is 9.69 Å². The SMILES string of the molecule is COCCN1C(=O)[C@H]2CC[C@@H]1CN(Cc1nnc(C3CC3)o1)C2. The molecule has 3 saturated heterocycles. The van der Waals surface area contributed by atoms with Crippen molar-refractivity contribution >= 4 is 5.91 Å². The first kappa shape index (κ1) is 15.1. The summed E-state index contributed by atoms with van der Waals surface area (Å²) in [5.74, 6) is 2.34. The molecule has 1 aliphatic carbocycles. The summed E-state index contributed by atoms with van der Waals surface area (Å²) >= 11 is 0. The van der Waals surface area contributed by atoms with Crippen LogP contribution in [0.1, 0.15) is 43.4 Å². The lowest BCUT2D eigenvalue weighted by Crippen LogP contribution is -2.49. The Morgan fingerprint density at radius 3 is 2.78 bits per heavy atom. The minimum absolute atomic E-state index is 0.0939. The predicted molar refractivity (Wildman–Crippen MR) is 81.7 cm³/mol. The minimum atomic E-state index is 0.0939. The van der Waals surface area contributed by atoms with Crippen molar-refractivity contribution in [3.8, 4) is 0 Å². The molecule has 2 bridgehead atoms. The summed E-state index contributed by atoms with van der Waals surface area (Å²) in [5, 5.41) is 8.34. The first-order valence-electron chi connectivity index (χ1n) is 8.58. The summed E-state index contributed by atoms with van der Waals surface area (Å²) in [5.41, 5.74) is 0. The molecule has 0 spiro atoms. The highest BCUT2D eigenvalue weighted by molar-refractivity contribution is 5.80. The van der Waals surface area contributed by atoms with Crippen LogP contribution in [0.2, 0.25) is 0 Å². The fourth-order valence-electron chi connectivity index (χ4n) is 3.76. The molecule has 4 fully saturated rings. The van der Waals surface area contributed by atoms with Gasteiger partial charge in [-0.25, -0.2) is 0 Å². The number of nitrogens with zero attached hydrogens (tertiary/aromatic N) is 4. The summed E-state index contributed by atoms with van der Waals surface area (Å²) in [6.07, 6.45) is 4.39. The van der Waals surface area contributed by atoms with E-state index in [1.165, 1.54) is 12.8 Å². The highest BCUT2D eigenvalue weighted by Crippen LogP contribution is 2.39. The Labute approximate surface area is 136 Å². The van der Waals surface area contributed by atoms with E-state index in [4.69, 9.17) is 9.15 Å². The van der Waals surface area contributed by atoms with Crippen LogP contribution in [0.25, 0.3) is 0 Å². The molecule has 0 unspecified atom stereocenters. The van der Waals surface area contributed by atoms with E-state index in [0.29, 0.717) is 31.5 Å². The van der Waals surface area contributed by atoms with Crippen molar-refractivity contribution in [2.24, 2.45) is 5.92 Å². The molecule has 126 valence electrons. The van der Waals surface area contributed by atoms with E-state index in [1.807, 2.05) is 4.90 Å². The molecule has 1 aromatic heterocycles. The van der Waals surface area contributed by atoms with Crippen LogP contribution in [0.3, 0.4) is 0 Å². The van der Waals surface area contributed by atoms with Crippen LogP contribution in [0.4, 0.5) is 0 Å². The van der Waals surface area contributed by atoms with Gasteiger partial charge in [-0.1, -0.05) is 0 Å². The summed E-state index contributed by atoms with van der Waals surface area (Å²) in [7, 11) is 1.68. The largest absolute Gasteiger partial charge is 0.424 e. The topological polar surface area (TPSA) is 71.7 Å². The molecule has 0 N–H and O–H groups in total. The van der Waals surface area contributed by atoms with Crippen molar-refractivity contribution in [3.05, 3.63) is 11.8 Å². The van der Waals surface area contributed by atoms with E-state index >= 15 is 0 Å². The van der Waals surface area contributed by atoms with E-state index in [-0.39, 0.29) is 17.9 Å². The van der Waals surface area contributed by atoms with Gasteiger partial charge in [-0.15, -0.1) is 10.2 Å². The Balaban J connectivity index is 1.43. The smallest absolute Gasteiger partial charge is 0.230 e. The Bertz CT molecular complexity index is 571. The number of aromatic nitrogens is 2. The molecule has 5 rings (SSSR count). The van der Waals surface area contributed by atoms with Gasteiger partial charge in [0, 0.05) is 38.7 Å². The van der Waals surface area contributed by atoms with Gasteiger partial charge in [0.2, 0.25) is 17.7 Å². The van der Waals surface area contributed by atoms with E-state index in [1.54, 1.807) is 7.11 Å². The molecular formula is C16H24N4O3. The number of carbonyl (C=O) groups is 1. The molecule has 23 heavy (non-hydrogen) atoms. The average molecular weight is 320 g/mol. The number of hydrogen-bond donors (Lipinski definition) is 0. The number of carbonyl (C=O) groups excluding carboxylic acids is 1. The lowest BCUT2D eigenvalue weighted by Gasteiger charge is -2.35. The quantitative estimate of drug-likeness (QED) is 0.779. The van der Waals surface area contributed by atoms with Crippen LogP contribution in [0, 0.1) is 5.92 Å². The van der Waals surface area contributed by atoms with Gasteiger partial charge in [-0.2, -0.15) is 0 Å². The fraction of sp³-hybridized carbons (Fsp3) is 0.812. The van der Waals surface area contributed by atoms with Gasteiger partial charge in [0.25, 0.3) is 0 Å². The number of fused-ring (bicyclic) bond motifs is 4. The van der Waals surface area contributed by atoms with Gasteiger partial charge in [0.05, 0.1) is 19.1 Å². The molecule has 0 radical (unpaired) electrons. The number of ether oxygens (including phenoxy) is 1. The lowest BCUT2D eigenvalue weighted by molar-refractivity contribution is -0.140. The molecule has 7 nitrogen and oxygen atoms in total. The fourth-order valence-corrected chi connectivity index (χ4v) is 3.76. The Hall–Kier alpha value is -1.47. The van der Waals surface area contributed by atoms with E-state index < -0.39 is 0 Å². The highest BCUT2D eigenvalue weighted by Gasteiger charge is 2.40. The Morgan fingerprint density at radius 2 is 2.00 bits per heavy atom. The average Bonchev–Trinajstić information content (AvgIpc) is 3.33. The monoisotopic (exact) mass is 320 g/mol. The zero-order valence-electron chi connectivity index (χ0n) is 13.6. The molecule has 1 amide bonds. The third-order valence-corrected chi connectivity index (χ3v) is 5.17. The van der Waals surface area contributed by atoms with E-state index in [2.05, 4.69) is 15.1 Å². The molecule has 2 atom stereocenters. The van der Waals surface area contributed by atoms with E-state index in [0.717, 1.165) is 31.8 Å². The number of rotatable bonds is 6. The van der Waals surface area contributed by atoms with Crippen LogP contribution in [-0.4, -0.2) is 65.3 Å². The number of amides is 1. The molecule has 0 aromatic carbocycles. The maximum Gasteiger partial charge on any atom is 0.230 e. The normalized spacial score (nSPS) is 28.4. The van der Waals surface area contributed by atoms with Crippen LogP contribution in [-0.2, 0) is 16.1 Å². The zero-order chi connectivity index (χ0) is 15.8. The van der Waals surface area contributed by atoms with Crippen LogP contribution in [0.15, 0.2) is 4.42 Å². The van der Waals surface area contributed by atoms with Crippen LogP contribution in [0.5, 0.6) is 0 Å². The van der Waals surface area contributed by atoms with Gasteiger partial charge in [0.1, 0.15) is 0 Å². The molecule has 1 aromatic rings. The molecule has 4 aliphatic rings. The third-order valence-electron chi connectivity index (χ3n) is 5.17. The maximum absolute atomic E-state index is 12.6. The van der Waals surface area contributed by atoms with Crippen molar-refractivity contribution in [2.45, 2.75) is 44.2 Å². The predicted octanol–water partition coefficient (Wildman–Crippen LogP) is 1.02. The Kier molecular flexibility index (Phi) is 4.07. The molecule has 3 aliphatic heterocycles. The second kappa shape index (κ2) is 6.20. The summed E-state index contributed by atoms with van der Waals surface area (Å²) < 4.78 is 10.9. The number of methoxy groups -OCH3 is 1. The first-order chi connectivity index (χ1) is 11.2. The molecule has 1 saturated carbocycles. The molecule has 4 heterocycles. The first-order valence-corrected chi connectivity index (χ1v) is 8.58. The molecule has 7 heteroatoms. The standard InChI is InChI=1S/C16H24N4O3/c1-22-7-6-20-13-5-4-12(16(20)21)8-19(9-13)10-14-17-18-15(23-14)11-2-3-11/h11-13H,2-10H2,1H3/t12-,13+/m0/s1. The zero-order valence-corrected chi connectivity index (χ0v) is 13.6. The summed E-state index contributed by atoms with van der Waals surface area (Å²) in [6, 6.07) is 0.280. The van der Waals surface area contributed by atoms with Gasteiger partial charge < -0.3 is 14.1 Å². The summed E-state index contributed by atoms with van der Waals surface area (Å²) in [4.78, 5) is 16.9. The number of piperidine rings is 1. The van der Waals surface area contributed by atoms with Crippen molar-refractivity contribution in [1.82, 2.24) is 20.0 Å². The van der Waals surface area contributed by atoms with Crippen LogP contribution >= 0.6 is 0 Å². The van der Waals surface area contributed by atoms with Crippen molar-refractivity contribution in [3.63, 3.8) is 0 Å². The second-order valence-electron chi connectivity index (χ2n) is 6.95. The van der Waals surface area contributed by atoms with Crippen molar-refractivity contribution < 1.29 is 13.9 Å². The van der Waals surface area contributed by atoms with Crippen molar-refractivity contribution in [1.29, 1.82) is 0 Å². The maximum atomic E-state index is 12.6. The van der Waals surface area contributed by atoms with Gasteiger partial charge >= 0.3 is 0 Å². The third kappa shape index (κ3) is 3.12. The highest BCUT2D eigenvalue weighted by atomic mass is 16.5. The molecular weight excluding hydrogens is 296 g/mol. The summed E-state index contributed by atoms with van der Waals surface area (Å²) in [6.45, 7) is 3.62. The second-order valence-corrected chi connectivity index (χ2v) is 6.95. The number of hydrogen-bond acceptors (Lipinski definition) is 6. The Morgan fingerprint density at radius 1 is 1.17 bits per heavy atom. The minimum Gasteiger partial charge on any atom is -0.424 e. The lowest BCUT2D eigenvalue weighted by atomic mass is 9.94.